The lowest BCUT2D eigenvalue weighted by molar-refractivity contribution is 0.102. The van der Waals surface area contributed by atoms with Crippen molar-refractivity contribution in [2.24, 2.45) is 0 Å². The first-order valence-corrected chi connectivity index (χ1v) is 12.4. The van der Waals surface area contributed by atoms with E-state index in [0.29, 0.717) is 17.6 Å². The summed E-state index contributed by atoms with van der Waals surface area (Å²) < 4.78 is 23.1. The number of amides is 1. The quantitative estimate of drug-likeness (QED) is 0.792. The molecule has 2 fully saturated rings. The van der Waals surface area contributed by atoms with Gasteiger partial charge in [-0.2, -0.15) is 0 Å². The lowest BCUT2D eigenvalue weighted by Gasteiger charge is -2.28. The van der Waals surface area contributed by atoms with Crippen LogP contribution in [0.5, 0.6) is 0 Å². The molecule has 2 aromatic rings. The number of anilines is 2. The summed E-state index contributed by atoms with van der Waals surface area (Å²) in [5.41, 5.74) is 2.33. The Labute approximate surface area is 178 Å². The molecule has 0 aliphatic carbocycles. The standard InChI is InChI=1S/C23H29N3O3S/c1-17-4-3-14-26(17)21-13-15-25(16-21)20-9-7-19(8-10-20)24-23(27)18-5-11-22(12-6-18)30(2,28)29/h5-12,17,21H,3-4,13-16H2,1-2H3,(H,24,27). The van der Waals surface area contributed by atoms with E-state index in [4.69, 9.17) is 0 Å². The number of hydrogen-bond donors (Lipinski definition) is 1. The average molecular weight is 428 g/mol. The van der Waals surface area contributed by atoms with Gasteiger partial charge in [-0.25, -0.2) is 8.42 Å². The fraction of sp³-hybridized carbons (Fsp3) is 0.435. The number of sulfone groups is 1. The monoisotopic (exact) mass is 427 g/mol. The van der Waals surface area contributed by atoms with Crippen molar-refractivity contribution in [3.05, 3.63) is 54.1 Å². The largest absolute Gasteiger partial charge is 0.370 e. The number of rotatable bonds is 5. The normalized spacial score (nSPS) is 22.4. The van der Waals surface area contributed by atoms with Gasteiger partial charge in [0.05, 0.1) is 4.90 Å². The van der Waals surface area contributed by atoms with Gasteiger partial charge >= 0.3 is 0 Å². The molecule has 0 bridgehead atoms. The molecular formula is C23H29N3O3S. The van der Waals surface area contributed by atoms with Crippen molar-refractivity contribution in [2.45, 2.75) is 43.2 Å². The van der Waals surface area contributed by atoms with E-state index in [1.165, 1.54) is 55.8 Å². The van der Waals surface area contributed by atoms with E-state index in [1.807, 2.05) is 12.1 Å². The molecule has 0 saturated carbocycles. The number of carbonyl (C=O) groups is 1. The van der Waals surface area contributed by atoms with Gasteiger partial charge in [-0.3, -0.25) is 9.69 Å². The van der Waals surface area contributed by atoms with E-state index in [-0.39, 0.29) is 10.8 Å². The second-order valence-corrected chi connectivity index (χ2v) is 10.4. The summed E-state index contributed by atoms with van der Waals surface area (Å²) in [6, 6.07) is 15.3. The maximum atomic E-state index is 12.5. The molecule has 2 aromatic carbocycles. The highest BCUT2D eigenvalue weighted by Crippen LogP contribution is 2.28. The second-order valence-electron chi connectivity index (χ2n) is 8.42. The van der Waals surface area contributed by atoms with Crippen molar-refractivity contribution in [2.75, 3.05) is 36.1 Å². The molecule has 2 atom stereocenters. The third kappa shape index (κ3) is 4.52. The van der Waals surface area contributed by atoms with Crippen LogP contribution in [0.3, 0.4) is 0 Å². The van der Waals surface area contributed by atoms with Crippen LogP contribution in [-0.2, 0) is 9.84 Å². The number of hydrogen-bond acceptors (Lipinski definition) is 5. The Hall–Kier alpha value is -2.38. The number of likely N-dealkylation sites (tertiary alicyclic amines) is 1. The molecule has 1 amide bonds. The van der Waals surface area contributed by atoms with Gasteiger partial charge in [-0.1, -0.05) is 0 Å². The first-order valence-electron chi connectivity index (χ1n) is 10.5. The molecule has 6 nitrogen and oxygen atoms in total. The first kappa shape index (κ1) is 20.9. The van der Waals surface area contributed by atoms with Crippen LogP contribution in [0.2, 0.25) is 0 Å². The van der Waals surface area contributed by atoms with Crippen molar-refractivity contribution in [1.29, 1.82) is 0 Å². The first-order chi connectivity index (χ1) is 14.3. The maximum absolute atomic E-state index is 12.5. The Morgan fingerprint density at radius 3 is 2.30 bits per heavy atom. The molecule has 2 aliphatic rings. The van der Waals surface area contributed by atoms with Crippen molar-refractivity contribution >= 4 is 27.1 Å². The molecule has 1 N–H and O–H groups in total. The van der Waals surface area contributed by atoms with Gasteiger partial charge in [-0.15, -0.1) is 0 Å². The van der Waals surface area contributed by atoms with E-state index in [2.05, 4.69) is 34.2 Å². The molecule has 0 aromatic heterocycles. The zero-order chi connectivity index (χ0) is 21.3. The highest BCUT2D eigenvalue weighted by molar-refractivity contribution is 7.90. The zero-order valence-corrected chi connectivity index (χ0v) is 18.4. The minimum absolute atomic E-state index is 0.204. The van der Waals surface area contributed by atoms with E-state index >= 15 is 0 Å². The van der Waals surface area contributed by atoms with Crippen LogP contribution in [0.1, 0.15) is 36.5 Å². The van der Waals surface area contributed by atoms with Gasteiger partial charge in [-0.05, 0) is 81.3 Å². The predicted molar refractivity (Wildman–Crippen MR) is 120 cm³/mol. The summed E-state index contributed by atoms with van der Waals surface area (Å²) in [6.07, 6.45) is 4.97. The van der Waals surface area contributed by atoms with Crippen LogP contribution >= 0.6 is 0 Å². The Balaban J connectivity index is 1.36. The summed E-state index contributed by atoms with van der Waals surface area (Å²) in [4.78, 5) is 17.7. The summed E-state index contributed by atoms with van der Waals surface area (Å²) in [5.74, 6) is -0.257. The minimum Gasteiger partial charge on any atom is -0.370 e. The minimum atomic E-state index is -3.27. The third-order valence-electron chi connectivity index (χ3n) is 6.27. The van der Waals surface area contributed by atoms with Crippen LogP contribution in [0.4, 0.5) is 11.4 Å². The lowest BCUT2D eigenvalue weighted by atomic mass is 10.2. The Kier molecular flexibility index (Phi) is 5.84. The van der Waals surface area contributed by atoms with Gasteiger partial charge in [0.25, 0.3) is 5.91 Å². The molecule has 2 heterocycles. The van der Waals surface area contributed by atoms with Crippen molar-refractivity contribution in [3.63, 3.8) is 0 Å². The van der Waals surface area contributed by atoms with Gasteiger partial charge < -0.3 is 10.2 Å². The highest BCUT2D eigenvalue weighted by atomic mass is 32.2. The SMILES string of the molecule is CC1CCCN1C1CCN(c2ccc(NC(=O)c3ccc(S(C)(=O)=O)cc3)cc2)C1. The summed E-state index contributed by atoms with van der Waals surface area (Å²) in [7, 11) is -3.27. The van der Waals surface area contributed by atoms with Crippen LogP contribution in [0.25, 0.3) is 0 Å². The average Bonchev–Trinajstić information content (AvgIpc) is 3.37. The number of nitrogens with one attached hydrogen (secondary N) is 1. The number of carbonyl (C=O) groups excluding carboxylic acids is 1. The fourth-order valence-electron chi connectivity index (χ4n) is 4.56. The molecule has 2 aliphatic heterocycles. The van der Waals surface area contributed by atoms with Crippen molar-refractivity contribution < 1.29 is 13.2 Å². The number of benzene rings is 2. The molecule has 2 unspecified atom stereocenters. The predicted octanol–water partition coefficient (Wildman–Crippen LogP) is 3.41. The fourth-order valence-corrected chi connectivity index (χ4v) is 5.19. The molecule has 7 heteroatoms. The van der Waals surface area contributed by atoms with Crippen LogP contribution in [-0.4, -0.2) is 57.2 Å². The van der Waals surface area contributed by atoms with Gasteiger partial charge in [0.15, 0.2) is 9.84 Å². The lowest BCUT2D eigenvalue weighted by Crippen LogP contribution is -2.39. The summed E-state index contributed by atoms with van der Waals surface area (Å²) in [6.45, 7) is 5.67. The zero-order valence-electron chi connectivity index (χ0n) is 17.5. The molecular weight excluding hydrogens is 398 g/mol. The Morgan fingerprint density at radius 2 is 1.70 bits per heavy atom. The third-order valence-corrected chi connectivity index (χ3v) is 7.40. The van der Waals surface area contributed by atoms with Crippen molar-refractivity contribution in [3.8, 4) is 0 Å². The van der Waals surface area contributed by atoms with E-state index in [0.717, 1.165) is 25.0 Å². The molecule has 4 rings (SSSR count). The van der Waals surface area contributed by atoms with E-state index in [1.54, 1.807) is 0 Å². The van der Waals surface area contributed by atoms with Crippen LogP contribution in [0.15, 0.2) is 53.4 Å². The smallest absolute Gasteiger partial charge is 0.255 e. The van der Waals surface area contributed by atoms with Gasteiger partial charge in [0.1, 0.15) is 0 Å². The van der Waals surface area contributed by atoms with Gasteiger partial charge in [0, 0.05) is 48.4 Å². The topological polar surface area (TPSA) is 69.7 Å². The summed E-state index contributed by atoms with van der Waals surface area (Å²) in [5, 5.41) is 2.88. The maximum Gasteiger partial charge on any atom is 0.255 e. The number of nitrogens with zero attached hydrogens (tertiary/aromatic N) is 2. The van der Waals surface area contributed by atoms with Crippen LogP contribution in [0, 0.1) is 0 Å². The molecule has 2 saturated heterocycles. The molecule has 0 radical (unpaired) electrons. The Bertz CT molecular complexity index is 1000. The van der Waals surface area contributed by atoms with Crippen molar-refractivity contribution in [1.82, 2.24) is 4.90 Å². The van der Waals surface area contributed by atoms with E-state index in [9.17, 15) is 13.2 Å². The molecule has 0 spiro atoms. The van der Waals surface area contributed by atoms with E-state index < -0.39 is 9.84 Å². The molecule has 160 valence electrons. The second kappa shape index (κ2) is 8.40. The highest BCUT2D eigenvalue weighted by Gasteiger charge is 2.32. The van der Waals surface area contributed by atoms with Gasteiger partial charge in [0.2, 0.25) is 0 Å². The van der Waals surface area contributed by atoms with Crippen LogP contribution < -0.4 is 10.2 Å². The molecule has 30 heavy (non-hydrogen) atoms. The Morgan fingerprint density at radius 1 is 1.00 bits per heavy atom. The summed E-state index contributed by atoms with van der Waals surface area (Å²) >= 11 is 0.